The van der Waals surface area contributed by atoms with E-state index in [1.807, 2.05) is 30.3 Å². The van der Waals surface area contributed by atoms with Crippen molar-refractivity contribution in [1.29, 1.82) is 0 Å². The van der Waals surface area contributed by atoms with Crippen LogP contribution in [0, 0.1) is 0 Å². The monoisotopic (exact) mass is 588 g/mol. The van der Waals surface area contributed by atoms with Crippen LogP contribution in [0.25, 0.3) is 66.0 Å². The Morgan fingerprint density at radius 2 is 1.00 bits per heavy atom. The molecule has 8 aromatic carbocycles. The molecule has 46 heavy (non-hydrogen) atoms. The molecule has 0 N–H and O–H groups in total. The average Bonchev–Trinajstić information content (AvgIpc) is 3.57. The first-order valence-corrected chi connectivity index (χ1v) is 15.5. The van der Waals surface area contributed by atoms with Crippen LogP contribution in [0.3, 0.4) is 0 Å². The Morgan fingerprint density at radius 1 is 0.413 bits per heavy atom. The summed E-state index contributed by atoms with van der Waals surface area (Å²) >= 11 is 0. The van der Waals surface area contributed by atoms with Crippen molar-refractivity contribution in [2.45, 2.75) is 0 Å². The molecule has 9 aromatic rings. The second-order valence-corrected chi connectivity index (χ2v) is 11.7. The Morgan fingerprint density at radius 3 is 1.78 bits per heavy atom. The summed E-state index contributed by atoms with van der Waals surface area (Å²) in [6.07, 6.45) is 0. The fraction of sp³-hybridized carbons (Fsp3) is 0. The Bertz CT molecular complexity index is 2520. The van der Waals surface area contributed by atoms with Crippen molar-refractivity contribution in [2.24, 2.45) is 0 Å². The average molecular weight is 589 g/mol. The number of para-hydroxylation sites is 1. The smallest absolute Gasteiger partial charge is 0.227 e. The third-order valence-electron chi connectivity index (χ3n) is 8.82. The van der Waals surface area contributed by atoms with Crippen LogP contribution < -0.4 is 4.90 Å². The lowest BCUT2D eigenvalue weighted by atomic mass is 9.99. The number of nitrogens with zero attached hydrogens (tertiary/aromatic N) is 2. The molecule has 0 spiro atoms. The number of hydrogen-bond donors (Lipinski definition) is 0. The summed E-state index contributed by atoms with van der Waals surface area (Å²) in [4.78, 5) is 7.20. The third-order valence-corrected chi connectivity index (χ3v) is 8.82. The molecule has 0 aliphatic carbocycles. The lowest BCUT2D eigenvalue weighted by Gasteiger charge is -2.26. The van der Waals surface area contributed by atoms with Crippen LogP contribution in [0.2, 0.25) is 0 Å². The zero-order valence-electron chi connectivity index (χ0n) is 25.0. The number of hydrogen-bond acceptors (Lipinski definition) is 3. The van der Waals surface area contributed by atoms with Gasteiger partial charge in [-0.1, -0.05) is 109 Å². The van der Waals surface area contributed by atoms with E-state index in [1.54, 1.807) is 0 Å². The first-order valence-electron chi connectivity index (χ1n) is 15.5. The van der Waals surface area contributed by atoms with Gasteiger partial charge in [0.1, 0.15) is 5.52 Å². The molecule has 0 aliphatic rings. The minimum atomic E-state index is 0.633. The van der Waals surface area contributed by atoms with Gasteiger partial charge in [0.2, 0.25) is 5.89 Å². The van der Waals surface area contributed by atoms with Gasteiger partial charge < -0.3 is 9.32 Å². The number of fused-ring (bicyclic) bond motifs is 6. The predicted octanol–water partition coefficient (Wildman–Crippen LogP) is 12.1. The van der Waals surface area contributed by atoms with Crippen molar-refractivity contribution in [2.75, 3.05) is 4.90 Å². The molecule has 0 aliphatic heterocycles. The van der Waals surface area contributed by atoms with Crippen molar-refractivity contribution in [3.63, 3.8) is 0 Å². The molecule has 0 amide bonds. The first-order chi connectivity index (χ1) is 22.8. The minimum absolute atomic E-state index is 0.633. The molecule has 0 radical (unpaired) electrons. The zero-order valence-corrected chi connectivity index (χ0v) is 25.0. The number of oxazole rings is 1. The van der Waals surface area contributed by atoms with E-state index in [9.17, 15) is 0 Å². The van der Waals surface area contributed by atoms with Gasteiger partial charge in [0, 0.05) is 28.0 Å². The van der Waals surface area contributed by atoms with Gasteiger partial charge in [0.05, 0.1) is 0 Å². The van der Waals surface area contributed by atoms with E-state index in [4.69, 9.17) is 9.40 Å². The summed E-state index contributed by atoms with van der Waals surface area (Å²) in [5.74, 6) is 0.633. The highest BCUT2D eigenvalue weighted by atomic mass is 16.3. The fourth-order valence-electron chi connectivity index (χ4n) is 6.56. The summed E-state index contributed by atoms with van der Waals surface area (Å²) in [5.41, 5.74) is 8.34. The SMILES string of the molecule is c1ccc(-c2ccc3cc(N(c4ccccc4)c4ccc5ccc6ccc7nc(-c8ccccc8)oc7c6c5c4)ccc3c2)cc1. The molecular formula is C43H28N2O. The van der Waals surface area contributed by atoms with Gasteiger partial charge in [-0.3, -0.25) is 0 Å². The van der Waals surface area contributed by atoms with Crippen LogP contribution in [0.5, 0.6) is 0 Å². The largest absolute Gasteiger partial charge is 0.435 e. The van der Waals surface area contributed by atoms with Crippen LogP contribution in [-0.2, 0) is 0 Å². The van der Waals surface area contributed by atoms with E-state index >= 15 is 0 Å². The van der Waals surface area contributed by atoms with Gasteiger partial charge in [0.25, 0.3) is 0 Å². The summed E-state index contributed by atoms with van der Waals surface area (Å²) in [6.45, 7) is 0. The maximum atomic E-state index is 6.51. The van der Waals surface area contributed by atoms with Crippen molar-refractivity contribution >= 4 is 60.5 Å². The lowest BCUT2D eigenvalue weighted by molar-refractivity contribution is 0.623. The first kappa shape index (κ1) is 26.2. The van der Waals surface area contributed by atoms with E-state index in [0.29, 0.717) is 5.89 Å². The summed E-state index contributed by atoms with van der Waals surface area (Å²) in [5, 5.41) is 6.89. The van der Waals surface area contributed by atoms with Crippen LogP contribution in [0.4, 0.5) is 17.1 Å². The summed E-state index contributed by atoms with van der Waals surface area (Å²) < 4.78 is 6.51. The van der Waals surface area contributed by atoms with Crippen LogP contribution in [-0.4, -0.2) is 4.98 Å². The molecule has 0 saturated carbocycles. The van der Waals surface area contributed by atoms with Crippen LogP contribution in [0.1, 0.15) is 0 Å². The highest BCUT2D eigenvalue weighted by molar-refractivity contribution is 6.18. The molecule has 0 fully saturated rings. The molecule has 0 unspecified atom stereocenters. The Balaban J connectivity index is 1.22. The molecule has 1 heterocycles. The van der Waals surface area contributed by atoms with E-state index in [0.717, 1.165) is 55.3 Å². The normalized spacial score (nSPS) is 11.5. The van der Waals surface area contributed by atoms with E-state index in [-0.39, 0.29) is 0 Å². The van der Waals surface area contributed by atoms with Crippen molar-refractivity contribution in [3.05, 3.63) is 170 Å². The van der Waals surface area contributed by atoms with E-state index in [1.165, 1.54) is 21.9 Å². The molecule has 9 rings (SSSR count). The molecule has 3 nitrogen and oxygen atoms in total. The Kier molecular flexibility index (Phi) is 6.14. The number of aromatic nitrogens is 1. The lowest BCUT2D eigenvalue weighted by Crippen LogP contribution is -2.09. The highest BCUT2D eigenvalue weighted by Crippen LogP contribution is 2.41. The van der Waals surface area contributed by atoms with E-state index < -0.39 is 0 Å². The summed E-state index contributed by atoms with van der Waals surface area (Å²) in [6, 6.07) is 59.9. The minimum Gasteiger partial charge on any atom is -0.435 e. The maximum absolute atomic E-state index is 6.51. The predicted molar refractivity (Wildman–Crippen MR) is 192 cm³/mol. The van der Waals surface area contributed by atoms with Gasteiger partial charge >= 0.3 is 0 Å². The van der Waals surface area contributed by atoms with E-state index in [2.05, 4.69) is 144 Å². The van der Waals surface area contributed by atoms with Crippen molar-refractivity contribution in [1.82, 2.24) is 4.98 Å². The van der Waals surface area contributed by atoms with Crippen molar-refractivity contribution < 1.29 is 4.42 Å². The highest BCUT2D eigenvalue weighted by Gasteiger charge is 2.17. The molecule has 0 bridgehead atoms. The van der Waals surface area contributed by atoms with Gasteiger partial charge in [-0.05, 0) is 98.7 Å². The molecule has 216 valence electrons. The maximum Gasteiger partial charge on any atom is 0.227 e. The molecule has 0 atom stereocenters. The number of benzene rings is 8. The molecular weight excluding hydrogens is 560 g/mol. The second-order valence-electron chi connectivity index (χ2n) is 11.7. The standard InChI is InChI=1S/C43H28N2O/c1-4-10-29(11-5-1)33-18-19-35-27-37(24-21-34(35)26-33)45(36-14-8-3-9-15-36)38-23-20-30-16-17-31-22-25-40-42(41(31)39(30)28-38)46-43(44-40)32-12-6-2-7-13-32/h1-28H. The third kappa shape index (κ3) is 4.49. The topological polar surface area (TPSA) is 29.3 Å². The van der Waals surface area contributed by atoms with Crippen LogP contribution >= 0.6 is 0 Å². The van der Waals surface area contributed by atoms with Gasteiger partial charge in [-0.2, -0.15) is 0 Å². The van der Waals surface area contributed by atoms with Gasteiger partial charge in [-0.15, -0.1) is 0 Å². The molecule has 3 heteroatoms. The van der Waals surface area contributed by atoms with Crippen LogP contribution in [0.15, 0.2) is 174 Å². The van der Waals surface area contributed by atoms with Gasteiger partial charge in [-0.25, -0.2) is 4.98 Å². The zero-order chi connectivity index (χ0) is 30.5. The summed E-state index contributed by atoms with van der Waals surface area (Å²) in [7, 11) is 0. The Hall–Kier alpha value is -6.19. The fourth-order valence-corrected chi connectivity index (χ4v) is 6.56. The molecule has 1 aromatic heterocycles. The van der Waals surface area contributed by atoms with Crippen molar-refractivity contribution in [3.8, 4) is 22.6 Å². The van der Waals surface area contributed by atoms with Gasteiger partial charge in [0.15, 0.2) is 5.58 Å². The second kappa shape index (κ2) is 10.8. The number of rotatable bonds is 5. The number of anilines is 3. The molecule has 0 saturated heterocycles. The Labute approximate surface area is 266 Å². The quantitative estimate of drug-likeness (QED) is 0.187.